The molecule has 6 N–H and O–H groups in total. The van der Waals surface area contributed by atoms with E-state index in [-0.39, 0.29) is 18.1 Å². The van der Waals surface area contributed by atoms with Crippen LogP contribution in [0, 0.1) is 0 Å². The molecule has 170 valence electrons. The van der Waals surface area contributed by atoms with Gasteiger partial charge >= 0.3 is 0 Å². The van der Waals surface area contributed by atoms with Gasteiger partial charge in [-0.2, -0.15) is 0 Å². The van der Waals surface area contributed by atoms with E-state index in [0.717, 1.165) is 50.9 Å². The van der Waals surface area contributed by atoms with Crippen molar-refractivity contribution in [2.24, 2.45) is 0 Å². The molecule has 1 aliphatic heterocycles. The molecule has 2 heterocycles. The van der Waals surface area contributed by atoms with E-state index in [1.807, 2.05) is 32.9 Å². The Kier molecular flexibility index (Phi) is 10.8. The van der Waals surface area contributed by atoms with E-state index < -0.39 is 0 Å². The molecule has 1 saturated heterocycles. The standard InChI is InChI=1S/C19H35N7O2S2/c1-5-20-18(29)24-22-13(3)17(23-25-19(30)21-6-2)16-8-7-15(28-16)14(4)26-9-11-27-12-10-26/h7-8,13-14,17,22-23H,5-6,9-12H2,1-4H3,(H2,20,24,29)(H2,21,25,30). The van der Waals surface area contributed by atoms with Crippen LogP contribution in [0.2, 0.25) is 0 Å². The molecule has 1 fully saturated rings. The van der Waals surface area contributed by atoms with Crippen LogP contribution in [0.1, 0.15) is 51.3 Å². The summed E-state index contributed by atoms with van der Waals surface area (Å²) in [5.41, 5.74) is 12.5. The third-order valence-electron chi connectivity index (χ3n) is 4.89. The predicted octanol–water partition coefficient (Wildman–Crippen LogP) is 1.08. The zero-order valence-corrected chi connectivity index (χ0v) is 19.8. The van der Waals surface area contributed by atoms with Gasteiger partial charge in [0.15, 0.2) is 10.2 Å². The molecular weight excluding hydrogens is 422 g/mol. The molecule has 0 amide bonds. The molecule has 30 heavy (non-hydrogen) atoms. The van der Waals surface area contributed by atoms with Crippen LogP contribution in [-0.4, -0.2) is 60.6 Å². The van der Waals surface area contributed by atoms with Gasteiger partial charge in [0.1, 0.15) is 17.6 Å². The maximum absolute atomic E-state index is 6.26. The Hall–Kier alpha value is -1.50. The predicted molar refractivity (Wildman–Crippen MR) is 127 cm³/mol. The highest BCUT2D eigenvalue weighted by atomic mass is 32.1. The fourth-order valence-electron chi connectivity index (χ4n) is 3.16. The lowest BCUT2D eigenvalue weighted by Crippen LogP contribution is -2.54. The van der Waals surface area contributed by atoms with Crippen LogP contribution in [-0.2, 0) is 4.74 Å². The van der Waals surface area contributed by atoms with E-state index >= 15 is 0 Å². The van der Waals surface area contributed by atoms with Crippen molar-refractivity contribution < 1.29 is 9.15 Å². The molecule has 1 aromatic heterocycles. The van der Waals surface area contributed by atoms with Gasteiger partial charge in [0.2, 0.25) is 0 Å². The van der Waals surface area contributed by atoms with Crippen LogP contribution in [0.25, 0.3) is 0 Å². The van der Waals surface area contributed by atoms with Gasteiger partial charge in [-0.1, -0.05) is 0 Å². The van der Waals surface area contributed by atoms with E-state index in [0.29, 0.717) is 10.2 Å². The van der Waals surface area contributed by atoms with Gasteiger partial charge in [0.05, 0.1) is 19.3 Å². The molecule has 3 unspecified atom stereocenters. The minimum Gasteiger partial charge on any atom is -0.463 e. The van der Waals surface area contributed by atoms with E-state index in [2.05, 4.69) is 44.2 Å². The molecular formula is C19H35N7O2S2. The second kappa shape index (κ2) is 13.0. The van der Waals surface area contributed by atoms with E-state index in [9.17, 15) is 0 Å². The third-order valence-corrected chi connectivity index (χ3v) is 5.38. The molecule has 3 atom stereocenters. The summed E-state index contributed by atoms with van der Waals surface area (Å²) in [5, 5.41) is 7.19. The lowest BCUT2D eigenvalue weighted by atomic mass is 10.1. The Bertz CT molecular complexity index is 667. The average Bonchev–Trinajstić information content (AvgIpc) is 3.22. The molecule has 1 aromatic rings. The number of hydrazine groups is 2. The van der Waals surface area contributed by atoms with E-state index in [1.54, 1.807) is 0 Å². The van der Waals surface area contributed by atoms with Crippen molar-refractivity contribution in [1.29, 1.82) is 0 Å². The summed E-state index contributed by atoms with van der Waals surface area (Å²) >= 11 is 10.5. The lowest BCUT2D eigenvalue weighted by molar-refractivity contribution is 0.0153. The zero-order chi connectivity index (χ0) is 21.9. The number of thiocarbonyl (C=S) groups is 2. The van der Waals surface area contributed by atoms with Gasteiger partial charge in [0.25, 0.3) is 0 Å². The Morgan fingerprint density at radius 3 is 2.13 bits per heavy atom. The minimum atomic E-state index is -0.204. The van der Waals surface area contributed by atoms with Gasteiger partial charge in [-0.25, -0.2) is 10.9 Å². The number of hydrogen-bond donors (Lipinski definition) is 6. The molecule has 0 bridgehead atoms. The van der Waals surface area contributed by atoms with E-state index in [4.69, 9.17) is 33.6 Å². The van der Waals surface area contributed by atoms with Gasteiger partial charge in [-0.05, 0) is 64.3 Å². The fraction of sp³-hybridized carbons (Fsp3) is 0.684. The number of furan rings is 1. The number of hydrogen-bond acceptors (Lipinski definition) is 7. The fourth-order valence-corrected chi connectivity index (χ4v) is 3.57. The second-order valence-electron chi connectivity index (χ2n) is 7.09. The Balaban J connectivity index is 2.07. The van der Waals surface area contributed by atoms with Gasteiger partial charge < -0.3 is 19.8 Å². The highest BCUT2D eigenvalue weighted by Gasteiger charge is 2.26. The monoisotopic (exact) mass is 457 g/mol. The minimum absolute atomic E-state index is 0.0729. The summed E-state index contributed by atoms with van der Waals surface area (Å²) in [6.45, 7) is 13.0. The second-order valence-corrected chi connectivity index (χ2v) is 7.90. The van der Waals surface area contributed by atoms with Gasteiger partial charge in [0, 0.05) is 32.2 Å². The van der Waals surface area contributed by atoms with Crippen molar-refractivity contribution in [3.63, 3.8) is 0 Å². The highest BCUT2D eigenvalue weighted by Crippen LogP contribution is 2.27. The Morgan fingerprint density at radius 1 is 0.967 bits per heavy atom. The van der Waals surface area contributed by atoms with Gasteiger partial charge in [-0.3, -0.25) is 15.8 Å². The number of nitrogens with zero attached hydrogens (tertiary/aromatic N) is 1. The van der Waals surface area contributed by atoms with Crippen LogP contribution >= 0.6 is 24.4 Å². The average molecular weight is 458 g/mol. The SMILES string of the molecule is CCNC(=S)NNC(C)C(NNC(=S)NCC)c1ccc(C(C)N2CCOCC2)o1. The smallest absolute Gasteiger partial charge is 0.180 e. The highest BCUT2D eigenvalue weighted by molar-refractivity contribution is 7.80. The zero-order valence-electron chi connectivity index (χ0n) is 18.2. The summed E-state index contributed by atoms with van der Waals surface area (Å²) in [6, 6.07) is 3.95. The normalized spacial score (nSPS) is 17.6. The molecule has 0 aromatic carbocycles. The van der Waals surface area contributed by atoms with Crippen LogP contribution in [0.15, 0.2) is 16.5 Å². The van der Waals surface area contributed by atoms with Crippen molar-refractivity contribution in [1.82, 2.24) is 37.2 Å². The van der Waals surface area contributed by atoms with Crippen molar-refractivity contribution in [3.8, 4) is 0 Å². The molecule has 11 heteroatoms. The molecule has 0 aliphatic carbocycles. The Labute approximate surface area is 190 Å². The van der Waals surface area contributed by atoms with Gasteiger partial charge in [-0.15, -0.1) is 0 Å². The molecule has 0 radical (unpaired) electrons. The first-order valence-electron chi connectivity index (χ1n) is 10.5. The first-order valence-corrected chi connectivity index (χ1v) is 11.3. The lowest BCUT2D eigenvalue weighted by Gasteiger charge is -2.31. The number of ether oxygens (including phenoxy) is 1. The molecule has 2 rings (SSSR count). The number of rotatable bonds is 10. The summed E-state index contributed by atoms with van der Waals surface area (Å²) < 4.78 is 11.7. The number of morpholine rings is 1. The first-order chi connectivity index (χ1) is 14.5. The quantitative estimate of drug-likeness (QED) is 0.225. The largest absolute Gasteiger partial charge is 0.463 e. The van der Waals surface area contributed by atoms with Crippen LogP contribution in [0.4, 0.5) is 0 Å². The molecule has 0 spiro atoms. The van der Waals surface area contributed by atoms with Crippen molar-refractivity contribution in [2.75, 3.05) is 39.4 Å². The van der Waals surface area contributed by atoms with Crippen LogP contribution < -0.4 is 32.3 Å². The summed E-state index contributed by atoms with van der Waals surface area (Å²) in [7, 11) is 0. The van der Waals surface area contributed by atoms with Crippen molar-refractivity contribution in [3.05, 3.63) is 23.7 Å². The first kappa shape index (κ1) is 24.8. The summed E-state index contributed by atoms with van der Waals surface area (Å²) in [4.78, 5) is 2.37. The molecule has 1 aliphatic rings. The maximum Gasteiger partial charge on any atom is 0.180 e. The maximum atomic E-state index is 6.26. The topological polar surface area (TPSA) is 97.8 Å². The Morgan fingerprint density at radius 2 is 1.53 bits per heavy atom. The molecule has 0 saturated carbocycles. The summed E-state index contributed by atoms with van der Waals surface area (Å²) in [6.07, 6.45) is 0. The van der Waals surface area contributed by atoms with Crippen molar-refractivity contribution in [2.45, 2.75) is 45.8 Å². The third kappa shape index (κ3) is 7.64. The van der Waals surface area contributed by atoms with Crippen LogP contribution in [0.5, 0.6) is 0 Å². The summed E-state index contributed by atoms with van der Waals surface area (Å²) in [5.74, 6) is 1.73. The van der Waals surface area contributed by atoms with E-state index in [1.165, 1.54) is 0 Å². The number of nitrogens with one attached hydrogen (secondary N) is 6. The van der Waals surface area contributed by atoms with Crippen LogP contribution in [0.3, 0.4) is 0 Å². The van der Waals surface area contributed by atoms with Crippen molar-refractivity contribution >= 4 is 34.7 Å². The molecule has 9 nitrogen and oxygen atoms in total.